The van der Waals surface area contributed by atoms with Gasteiger partial charge in [0.05, 0.1) is 19.6 Å². The number of rotatable bonds is 10. The Bertz CT molecular complexity index is 1130. The number of amides is 2. The number of likely N-dealkylation sites (tertiary alicyclic amines) is 1. The number of carbonyl (C=O) groups is 2. The van der Waals surface area contributed by atoms with Gasteiger partial charge in [0.15, 0.2) is 0 Å². The van der Waals surface area contributed by atoms with E-state index < -0.39 is 17.8 Å². The maximum atomic E-state index is 13.4. The minimum atomic E-state index is -0.877. The van der Waals surface area contributed by atoms with Crippen LogP contribution in [0.3, 0.4) is 0 Å². The monoisotopic (exact) mass is 566 g/mol. The van der Waals surface area contributed by atoms with E-state index in [1.54, 1.807) is 4.90 Å². The van der Waals surface area contributed by atoms with Crippen LogP contribution in [0.15, 0.2) is 48.5 Å². The second-order valence-electron chi connectivity index (χ2n) is 12.1. The number of para-hydroxylation sites is 1. The molecule has 8 heteroatoms. The quantitative estimate of drug-likeness (QED) is 0.388. The molecule has 0 saturated carbocycles. The van der Waals surface area contributed by atoms with Gasteiger partial charge in [0, 0.05) is 19.1 Å². The molecule has 1 unspecified atom stereocenters. The molecule has 2 atom stereocenters. The zero-order valence-electron chi connectivity index (χ0n) is 24.8. The standard InChI is InChI=1S/C33H46N2O6/c1-33(2,3)41-32(38)35(23-28(36)24-40-29-13-6-4-7-14-29)27-12-10-11-25-15-16-30(22-26(25)21-27)39-20-17-31(37)34-18-8-5-9-19-34/h4,6-7,13-16,22,27-28,36H,5,8-12,17-21,23-24H2,1-3H3/t27?,28-/m0/s1. The van der Waals surface area contributed by atoms with Crippen LogP contribution < -0.4 is 9.47 Å². The number of fused-ring (bicyclic) bond motifs is 1. The van der Waals surface area contributed by atoms with Crippen molar-refractivity contribution in [2.24, 2.45) is 0 Å². The van der Waals surface area contributed by atoms with Crippen LogP contribution in [0.5, 0.6) is 11.5 Å². The summed E-state index contributed by atoms with van der Waals surface area (Å²) in [7, 11) is 0. The Kier molecular flexibility index (Phi) is 10.9. The first-order valence-corrected chi connectivity index (χ1v) is 15.1. The van der Waals surface area contributed by atoms with Crippen molar-refractivity contribution >= 4 is 12.0 Å². The molecule has 0 aromatic heterocycles. The zero-order valence-corrected chi connectivity index (χ0v) is 24.8. The van der Waals surface area contributed by atoms with Gasteiger partial charge in [-0.1, -0.05) is 24.3 Å². The predicted octanol–water partition coefficient (Wildman–Crippen LogP) is 5.39. The fourth-order valence-electron chi connectivity index (χ4n) is 5.52. The van der Waals surface area contributed by atoms with Crippen LogP contribution in [-0.4, -0.2) is 77.5 Å². The molecule has 4 rings (SSSR count). The molecular weight excluding hydrogens is 520 g/mol. The number of hydrogen-bond acceptors (Lipinski definition) is 6. The van der Waals surface area contributed by atoms with E-state index in [0.717, 1.165) is 56.5 Å². The summed E-state index contributed by atoms with van der Waals surface area (Å²) in [5.74, 6) is 1.56. The molecular formula is C33H46N2O6. The lowest BCUT2D eigenvalue weighted by Gasteiger charge is -2.34. The third kappa shape index (κ3) is 9.66. The lowest BCUT2D eigenvalue weighted by Crippen LogP contribution is -2.48. The maximum absolute atomic E-state index is 13.4. The van der Waals surface area contributed by atoms with Crippen molar-refractivity contribution in [1.29, 1.82) is 0 Å². The van der Waals surface area contributed by atoms with Gasteiger partial charge in [-0.05, 0) is 101 Å². The molecule has 0 spiro atoms. The van der Waals surface area contributed by atoms with E-state index in [0.29, 0.717) is 25.2 Å². The molecule has 0 bridgehead atoms. The Balaban J connectivity index is 1.41. The molecule has 41 heavy (non-hydrogen) atoms. The highest BCUT2D eigenvalue weighted by molar-refractivity contribution is 5.76. The van der Waals surface area contributed by atoms with Gasteiger partial charge in [-0.15, -0.1) is 0 Å². The van der Waals surface area contributed by atoms with E-state index in [2.05, 4.69) is 6.07 Å². The van der Waals surface area contributed by atoms with Crippen LogP contribution in [0.25, 0.3) is 0 Å². The van der Waals surface area contributed by atoms with Gasteiger partial charge < -0.3 is 29.1 Å². The Hall–Kier alpha value is -3.26. The van der Waals surface area contributed by atoms with Crippen LogP contribution >= 0.6 is 0 Å². The number of nitrogens with zero attached hydrogens (tertiary/aromatic N) is 2. The molecule has 1 fully saturated rings. The third-order valence-corrected chi connectivity index (χ3v) is 7.57. The molecule has 8 nitrogen and oxygen atoms in total. The summed E-state index contributed by atoms with van der Waals surface area (Å²) in [6, 6.07) is 15.3. The SMILES string of the molecule is CC(C)(C)OC(=O)N(C[C@H](O)COc1ccccc1)C1CCCc2ccc(OCCC(=O)N3CCCCC3)cc2C1. The van der Waals surface area contributed by atoms with E-state index in [9.17, 15) is 14.7 Å². The number of benzene rings is 2. The largest absolute Gasteiger partial charge is 0.493 e. The Morgan fingerprint density at radius 2 is 1.73 bits per heavy atom. The fraction of sp³-hybridized carbons (Fsp3) is 0.576. The van der Waals surface area contributed by atoms with E-state index in [1.165, 1.54) is 12.0 Å². The second-order valence-corrected chi connectivity index (χ2v) is 12.1. The topological polar surface area (TPSA) is 88.5 Å². The van der Waals surface area contributed by atoms with Crippen LogP contribution in [0.4, 0.5) is 4.79 Å². The van der Waals surface area contributed by atoms with Crippen LogP contribution in [0, 0.1) is 0 Å². The number of ether oxygens (including phenoxy) is 3. The number of hydrogen-bond donors (Lipinski definition) is 1. The molecule has 2 amide bonds. The molecule has 2 aromatic rings. The lowest BCUT2D eigenvalue weighted by atomic mass is 10.0. The molecule has 1 heterocycles. The predicted molar refractivity (Wildman–Crippen MR) is 158 cm³/mol. The normalized spacial score (nSPS) is 18.0. The lowest BCUT2D eigenvalue weighted by molar-refractivity contribution is -0.132. The summed E-state index contributed by atoms with van der Waals surface area (Å²) in [5.41, 5.74) is 1.70. The molecule has 2 aromatic carbocycles. The summed E-state index contributed by atoms with van der Waals surface area (Å²) >= 11 is 0. The minimum absolute atomic E-state index is 0.0702. The highest BCUT2D eigenvalue weighted by Crippen LogP contribution is 2.28. The van der Waals surface area contributed by atoms with Crippen molar-refractivity contribution in [2.45, 2.75) is 89.9 Å². The van der Waals surface area contributed by atoms with Gasteiger partial charge in [-0.2, -0.15) is 0 Å². The van der Waals surface area contributed by atoms with Crippen LogP contribution in [0.1, 0.15) is 70.4 Å². The van der Waals surface area contributed by atoms with Crippen molar-refractivity contribution in [2.75, 3.05) is 32.8 Å². The van der Waals surface area contributed by atoms with Crippen molar-refractivity contribution in [3.05, 3.63) is 59.7 Å². The Morgan fingerprint density at radius 3 is 2.46 bits per heavy atom. The average molecular weight is 567 g/mol. The number of aliphatic hydroxyl groups excluding tert-OH is 1. The molecule has 1 N–H and O–H groups in total. The molecule has 1 saturated heterocycles. The minimum Gasteiger partial charge on any atom is -0.493 e. The summed E-state index contributed by atoms with van der Waals surface area (Å²) in [4.78, 5) is 29.5. The summed E-state index contributed by atoms with van der Waals surface area (Å²) in [6.45, 7) is 7.76. The van der Waals surface area contributed by atoms with E-state index in [4.69, 9.17) is 14.2 Å². The third-order valence-electron chi connectivity index (χ3n) is 7.57. The smallest absolute Gasteiger partial charge is 0.410 e. The first-order chi connectivity index (χ1) is 19.7. The van der Waals surface area contributed by atoms with E-state index in [-0.39, 0.29) is 25.1 Å². The summed E-state index contributed by atoms with van der Waals surface area (Å²) < 4.78 is 17.5. The molecule has 2 aliphatic rings. The highest BCUT2D eigenvalue weighted by atomic mass is 16.6. The van der Waals surface area contributed by atoms with Crippen molar-refractivity contribution in [3.8, 4) is 11.5 Å². The fourth-order valence-corrected chi connectivity index (χ4v) is 5.52. The van der Waals surface area contributed by atoms with Gasteiger partial charge in [0.25, 0.3) is 0 Å². The second kappa shape index (κ2) is 14.6. The van der Waals surface area contributed by atoms with E-state index in [1.807, 2.05) is 68.1 Å². The molecule has 224 valence electrons. The van der Waals surface area contributed by atoms with Crippen LogP contribution in [0.2, 0.25) is 0 Å². The van der Waals surface area contributed by atoms with Gasteiger partial charge in [-0.25, -0.2) is 4.79 Å². The zero-order chi connectivity index (χ0) is 29.2. The Morgan fingerprint density at radius 1 is 0.976 bits per heavy atom. The first kappa shape index (κ1) is 30.7. The maximum Gasteiger partial charge on any atom is 0.410 e. The summed E-state index contributed by atoms with van der Waals surface area (Å²) in [5, 5.41) is 10.9. The molecule has 1 aliphatic carbocycles. The number of piperidine rings is 1. The molecule has 0 radical (unpaired) electrons. The van der Waals surface area contributed by atoms with Crippen molar-refractivity contribution in [1.82, 2.24) is 9.80 Å². The highest BCUT2D eigenvalue weighted by Gasteiger charge is 2.32. The van der Waals surface area contributed by atoms with Crippen molar-refractivity contribution < 1.29 is 28.9 Å². The Labute approximate surface area is 244 Å². The van der Waals surface area contributed by atoms with Crippen molar-refractivity contribution in [3.63, 3.8) is 0 Å². The molecule has 1 aliphatic heterocycles. The number of aliphatic hydroxyl groups is 1. The number of carbonyl (C=O) groups excluding carboxylic acids is 2. The van der Waals surface area contributed by atoms with Gasteiger partial charge in [-0.3, -0.25) is 4.79 Å². The summed E-state index contributed by atoms with van der Waals surface area (Å²) in [6.07, 6.45) is 5.65. The van der Waals surface area contributed by atoms with Crippen LogP contribution in [-0.2, 0) is 22.4 Å². The van der Waals surface area contributed by atoms with E-state index >= 15 is 0 Å². The van der Waals surface area contributed by atoms with Gasteiger partial charge in [0.1, 0.15) is 29.8 Å². The average Bonchev–Trinajstić information content (AvgIpc) is 3.17. The van der Waals surface area contributed by atoms with Gasteiger partial charge in [0.2, 0.25) is 5.91 Å². The van der Waals surface area contributed by atoms with Gasteiger partial charge >= 0.3 is 6.09 Å². The number of aryl methyl sites for hydroxylation is 1. The first-order valence-electron chi connectivity index (χ1n) is 15.1.